The summed E-state index contributed by atoms with van der Waals surface area (Å²) in [6, 6.07) is -1.11. The molecule has 119 heavy (non-hydrogen) atoms. The second-order valence-corrected chi connectivity index (χ2v) is 36.8. The molecule has 4 aliphatic rings. The Morgan fingerprint density at radius 1 is 0.496 bits per heavy atom. The molecule has 12 unspecified atom stereocenters. The number of nitrogen functional groups attached to an aromatic ring is 1. The van der Waals surface area contributed by atoms with Crippen LogP contribution in [0.1, 0.15) is 150 Å². The van der Waals surface area contributed by atoms with E-state index < -0.39 is 200 Å². The van der Waals surface area contributed by atoms with E-state index in [-0.39, 0.29) is 148 Å². The zero-order chi connectivity index (χ0) is 87.4. The number of aromatic nitrogens is 4. The lowest BCUT2D eigenvalue weighted by molar-refractivity contribution is -0.282. The number of carbonyl (C=O) groups excluding carboxylic acids is 1. The molecule has 6 heterocycles. The van der Waals surface area contributed by atoms with Crippen LogP contribution in [0.15, 0.2) is 12.7 Å². The predicted octanol–water partition coefficient (Wildman–Crippen LogP) is 2.56. The Labute approximate surface area is 690 Å². The molecule has 0 bridgehead atoms. The van der Waals surface area contributed by atoms with Crippen LogP contribution in [0.25, 0.3) is 11.2 Å². The molecule has 51 heteroatoms. The number of carbonyl (C=O) groups is 1. The van der Waals surface area contributed by atoms with Gasteiger partial charge in [-0.15, -0.1) is 0 Å². The van der Waals surface area contributed by atoms with Gasteiger partial charge in [0.05, 0.1) is 117 Å². The topological polar surface area (TPSA) is 652 Å². The number of unbranched alkanes of at least 4 members (excludes halogenated alkanes) is 9. The SMILES string of the molecule is CC(=O)NC1[C@H](OCCCCCCOP(=O)(O)OCCCOCC(CCOP(=O)(O)OC[C@H]2O[C@@H](n3cnc4c(N)ncnc43)CC2OP(=O)(O)OC(C)C)(COCCCOP(=O)(O)OCCCCCCO[C@@H]2OC(CO)[C@H](O)[C@H](O)C2C)COCCCOP(=O)(O)OCCCCCCO[C@@H]2OC(CO)[C@H](O)[C@H](O)C2C)OC(CO)[C@H](O)[C@@H]1O. The highest BCUT2D eigenvalue weighted by Crippen LogP contribution is 2.52. The lowest BCUT2D eigenvalue weighted by Crippen LogP contribution is -2.64. The standard InChI is InChI=1S/C68H127N6O40P5/c1-45(2)113-119(93,94)114-49-35-54(74-44-72-56-63(69)70-43-71-64(56)74)109-53(49)39-108-118(91,92)107-34-21-68(40-95-22-18-31-104-115(85,86)101-28-15-9-6-12-25-98-65-46(3)57(79)59(81)50(36-75)110-65,41-96-23-19-32-105-116(87,88)102-29-16-10-7-13-26-99-66-47(4)58(80)60(82)51(37-76)111-66)42-97-24-20-33-106-117(89,90)103-30-17-11-8-14-27-100-67-55(73-48(5)78)62(84)61(83)52(38-77)112-67/h43-47,49-55,57-62,65-67,75-77,79-84H,6-42H2,1-5H3,(H,73,78)(H,85,86)(H,87,88)(H,89,90)(H,91,92)(H,93,94)(H2,69,70,71)/t46?,47?,49?,50?,51?,52?,53-,54-,55?,57-,58-,59+,60+,61+,62-,65-,66-,67-,68?/m1/s1. The minimum Gasteiger partial charge on any atom is -0.394 e. The summed E-state index contributed by atoms with van der Waals surface area (Å²) in [7, 11) is -23.7. The van der Waals surface area contributed by atoms with Crippen LogP contribution in [-0.4, -0.2) is 326 Å². The zero-order valence-corrected chi connectivity index (χ0v) is 72.2. The molecule has 23 atom stereocenters. The number of amides is 1. The summed E-state index contributed by atoms with van der Waals surface area (Å²) in [5.41, 5.74) is 5.09. The second kappa shape index (κ2) is 53.4. The number of anilines is 1. The molecule has 0 aliphatic carbocycles. The van der Waals surface area contributed by atoms with Gasteiger partial charge >= 0.3 is 39.1 Å². The lowest BCUT2D eigenvalue weighted by Gasteiger charge is -2.42. The highest BCUT2D eigenvalue weighted by atomic mass is 31.2. The maximum Gasteiger partial charge on any atom is 0.472 e. The normalized spacial score (nSPS) is 29.4. The van der Waals surface area contributed by atoms with Crippen LogP contribution in [-0.2, 0) is 120 Å². The van der Waals surface area contributed by atoms with Gasteiger partial charge in [-0.1, -0.05) is 52.4 Å². The smallest absolute Gasteiger partial charge is 0.394 e. The fraction of sp³-hybridized carbons (Fsp3) is 0.912. The molecule has 1 amide bonds. The Balaban J connectivity index is 1.05. The van der Waals surface area contributed by atoms with Gasteiger partial charge in [-0.05, 0) is 78.1 Å². The number of imidazole rings is 1. The van der Waals surface area contributed by atoms with E-state index in [1.165, 1.54) is 38.0 Å². The van der Waals surface area contributed by atoms with Crippen LogP contribution in [0.4, 0.5) is 5.82 Å². The highest BCUT2D eigenvalue weighted by Gasteiger charge is 2.48. The summed E-state index contributed by atoms with van der Waals surface area (Å²) in [4.78, 5) is 77.8. The Morgan fingerprint density at radius 2 is 0.882 bits per heavy atom. The number of nitrogens with zero attached hydrogens (tertiary/aromatic N) is 4. The Bertz CT molecular complexity index is 3360. The van der Waals surface area contributed by atoms with E-state index in [0.29, 0.717) is 77.0 Å². The van der Waals surface area contributed by atoms with Gasteiger partial charge in [0.2, 0.25) is 5.91 Å². The summed E-state index contributed by atoms with van der Waals surface area (Å²) in [5.74, 6) is -1.59. The van der Waals surface area contributed by atoms with Gasteiger partial charge in [-0.2, -0.15) is 0 Å². The van der Waals surface area contributed by atoms with Crippen LogP contribution in [0.3, 0.4) is 0 Å². The fourth-order valence-electron chi connectivity index (χ4n) is 12.8. The molecule has 4 saturated heterocycles. The van der Waals surface area contributed by atoms with Crippen molar-refractivity contribution in [1.82, 2.24) is 24.8 Å². The molecule has 2 aromatic heterocycles. The van der Waals surface area contributed by atoms with E-state index in [1.807, 2.05) is 0 Å². The molecule has 46 nitrogen and oxygen atoms in total. The summed E-state index contributed by atoms with van der Waals surface area (Å²) in [5, 5.41) is 92.8. The molecule has 4 aliphatic heterocycles. The first-order chi connectivity index (χ1) is 56.4. The number of nitrogens with one attached hydrogen (secondary N) is 1. The van der Waals surface area contributed by atoms with Crippen LogP contribution in [0, 0.1) is 17.3 Å². The van der Waals surface area contributed by atoms with Gasteiger partial charge in [0.15, 0.2) is 30.3 Å². The van der Waals surface area contributed by atoms with Crippen LogP contribution in [0.2, 0.25) is 0 Å². The van der Waals surface area contributed by atoms with Gasteiger partial charge in [0.25, 0.3) is 0 Å². The monoisotopic (exact) mass is 1820 g/mol. The second-order valence-electron chi connectivity index (χ2n) is 29.6. The third kappa shape index (κ3) is 37.5. The lowest BCUT2D eigenvalue weighted by atomic mass is 9.87. The Hall–Kier alpha value is -2.39. The maximum absolute atomic E-state index is 13.9. The number of hydrogen-bond acceptors (Lipinski definition) is 39. The van der Waals surface area contributed by atoms with E-state index in [2.05, 4.69) is 20.3 Å². The third-order valence-electron chi connectivity index (χ3n) is 19.4. The number of rotatable bonds is 64. The van der Waals surface area contributed by atoms with Gasteiger partial charge < -0.3 is 129 Å². The number of ether oxygens (including phenoxy) is 10. The number of nitrogens with two attached hydrogens (primary N) is 1. The number of aliphatic hydroxyl groups excluding tert-OH is 9. The molecule has 6 rings (SSSR count). The molecule has 0 saturated carbocycles. The molecular weight excluding hydrogens is 1700 g/mol. The van der Waals surface area contributed by atoms with E-state index in [4.69, 9.17) is 98.3 Å². The van der Waals surface area contributed by atoms with Crippen molar-refractivity contribution in [2.75, 3.05) is 138 Å². The van der Waals surface area contributed by atoms with Gasteiger partial charge in [-0.25, -0.2) is 37.8 Å². The maximum atomic E-state index is 13.9. The molecule has 2 aromatic rings. The number of phosphoric acid groups is 5. The summed E-state index contributed by atoms with van der Waals surface area (Å²) in [6.45, 7) is 2.21. The average Bonchev–Trinajstić information content (AvgIpc) is 1.62. The molecule has 0 radical (unpaired) electrons. The molecular formula is C68H127N6O40P5. The van der Waals surface area contributed by atoms with E-state index in [0.717, 1.165) is 0 Å². The number of hydrogen-bond donors (Lipinski definition) is 16. The van der Waals surface area contributed by atoms with Crippen molar-refractivity contribution >= 4 is 62.0 Å². The largest absolute Gasteiger partial charge is 0.472 e. The molecule has 0 aromatic carbocycles. The van der Waals surface area contributed by atoms with Crippen molar-refractivity contribution in [3.05, 3.63) is 12.7 Å². The van der Waals surface area contributed by atoms with E-state index >= 15 is 0 Å². The van der Waals surface area contributed by atoms with Gasteiger partial charge in [0, 0.05) is 70.2 Å². The van der Waals surface area contributed by atoms with Crippen molar-refractivity contribution in [2.45, 2.75) is 248 Å². The summed E-state index contributed by atoms with van der Waals surface area (Å²) < 4.78 is 179. The molecule has 0 spiro atoms. The number of phosphoric ester groups is 5. The first kappa shape index (κ1) is 105. The first-order valence-corrected chi connectivity index (χ1v) is 47.4. The summed E-state index contributed by atoms with van der Waals surface area (Å²) in [6.07, 6.45) is -10.1. The minimum atomic E-state index is -5.13. The molecule has 694 valence electrons. The van der Waals surface area contributed by atoms with Crippen molar-refractivity contribution in [2.24, 2.45) is 17.3 Å². The highest BCUT2D eigenvalue weighted by molar-refractivity contribution is 7.48. The predicted molar refractivity (Wildman–Crippen MR) is 412 cm³/mol. The van der Waals surface area contributed by atoms with Gasteiger partial charge in [-0.3, -0.25) is 54.6 Å². The van der Waals surface area contributed by atoms with Crippen molar-refractivity contribution in [3.63, 3.8) is 0 Å². The molecule has 17 N–H and O–H groups in total. The average molecular weight is 1820 g/mol. The van der Waals surface area contributed by atoms with E-state index in [9.17, 15) is 98.0 Å². The van der Waals surface area contributed by atoms with E-state index in [1.54, 1.807) is 13.8 Å². The number of aliphatic hydroxyl groups is 9. The van der Waals surface area contributed by atoms with Gasteiger partial charge in [0.1, 0.15) is 79.0 Å². The quantitative estimate of drug-likeness (QED) is 0.0334. The van der Waals surface area contributed by atoms with Crippen LogP contribution >= 0.6 is 39.1 Å². The van der Waals surface area contributed by atoms with Crippen molar-refractivity contribution < 1.29 is 191 Å². The van der Waals surface area contributed by atoms with Crippen LogP contribution < -0.4 is 11.1 Å². The van der Waals surface area contributed by atoms with Crippen molar-refractivity contribution in [1.29, 1.82) is 0 Å². The minimum absolute atomic E-state index is 0.00176. The summed E-state index contributed by atoms with van der Waals surface area (Å²) >= 11 is 0. The Morgan fingerprint density at radius 3 is 1.30 bits per heavy atom. The fourth-order valence-corrected chi connectivity index (χ4v) is 17.1. The van der Waals surface area contributed by atoms with Crippen LogP contribution in [0.5, 0.6) is 0 Å². The third-order valence-corrected chi connectivity index (χ3v) is 24.7. The Kier molecular flexibility index (Phi) is 47.3. The number of fused-ring (bicyclic) bond motifs is 1. The first-order valence-electron chi connectivity index (χ1n) is 39.9. The van der Waals surface area contributed by atoms with Crippen molar-refractivity contribution in [3.8, 4) is 0 Å². The molecule has 4 fully saturated rings. The zero-order valence-electron chi connectivity index (χ0n) is 67.8.